The van der Waals surface area contributed by atoms with Crippen molar-refractivity contribution >= 4 is 11.8 Å². The lowest BCUT2D eigenvalue weighted by Crippen LogP contribution is -2.52. The molecule has 0 radical (unpaired) electrons. The van der Waals surface area contributed by atoms with Gasteiger partial charge in [0.05, 0.1) is 12.1 Å². The van der Waals surface area contributed by atoms with Crippen LogP contribution in [-0.2, 0) is 11.2 Å². The fraction of sp³-hybridized carbons (Fsp3) is 0.462. The molecule has 0 aromatic heterocycles. The number of rotatable bonds is 6. The summed E-state index contributed by atoms with van der Waals surface area (Å²) < 4.78 is 52.0. The van der Waals surface area contributed by atoms with E-state index in [1.165, 1.54) is 0 Å². The van der Waals surface area contributed by atoms with Crippen LogP contribution in [0.1, 0.15) is 41.6 Å². The number of para-hydroxylation sites is 1. The van der Waals surface area contributed by atoms with Crippen LogP contribution >= 0.6 is 0 Å². The average Bonchev–Trinajstić information content (AvgIpc) is 3.14. The van der Waals surface area contributed by atoms with Gasteiger partial charge in [0.2, 0.25) is 5.91 Å². The molecule has 36 heavy (non-hydrogen) atoms. The maximum Gasteiger partial charge on any atom is 0.255 e. The van der Waals surface area contributed by atoms with Crippen LogP contribution in [0.5, 0.6) is 11.5 Å². The molecule has 3 N–H and O–H groups in total. The molecule has 2 fully saturated rings. The molecule has 192 valence electrons. The molecule has 3 heterocycles. The van der Waals surface area contributed by atoms with Gasteiger partial charge >= 0.3 is 0 Å². The Morgan fingerprint density at radius 2 is 1.72 bits per heavy atom. The van der Waals surface area contributed by atoms with Crippen LogP contribution in [0.3, 0.4) is 0 Å². The summed E-state index contributed by atoms with van der Waals surface area (Å²) in [5.41, 5.74) is 6.73. The molecular formula is C26H28F3N3O4. The predicted octanol–water partition coefficient (Wildman–Crippen LogP) is 2.94. The molecule has 0 unspecified atom stereocenters. The molecule has 2 aromatic carbocycles. The number of halogens is 3. The van der Waals surface area contributed by atoms with Gasteiger partial charge in [-0.25, -0.2) is 13.2 Å². The summed E-state index contributed by atoms with van der Waals surface area (Å²) in [5, 5.41) is 2.70. The maximum atomic E-state index is 14.1. The summed E-state index contributed by atoms with van der Waals surface area (Å²) in [5.74, 6) is -2.83. The minimum atomic E-state index is -1.23. The first kappa shape index (κ1) is 24.4. The summed E-state index contributed by atoms with van der Waals surface area (Å²) in [6.07, 6.45) is 3.01. The number of piperidine rings is 1. The van der Waals surface area contributed by atoms with E-state index in [1.807, 2.05) is 4.90 Å². The van der Waals surface area contributed by atoms with E-state index in [0.717, 1.165) is 18.9 Å². The Kier molecular flexibility index (Phi) is 6.79. The van der Waals surface area contributed by atoms with Crippen LogP contribution in [0.15, 0.2) is 30.3 Å². The molecule has 2 aromatic rings. The van der Waals surface area contributed by atoms with Gasteiger partial charge in [0.15, 0.2) is 23.1 Å². The summed E-state index contributed by atoms with van der Waals surface area (Å²) >= 11 is 0. The van der Waals surface area contributed by atoms with E-state index in [9.17, 15) is 22.8 Å². The maximum absolute atomic E-state index is 14.1. The third-order valence-electron chi connectivity index (χ3n) is 7.42. The van der Waals surface area contributed by atoms with Crippen LogP contribution in [-0.4, -0.2) is 54.6 Å². The van der Waals surface area contributed by atoms with Gasteiger partial charge < -0.3 is 25.4 Å². The Morgan fingerprint density at radius 1 is 1.03 bits per heavy atom. The highest BCUT2D eigenvalue weighted by molar-refractivity contribution is 5.99. The Hall–Kier alpha value is -3.27. The highest BCUT2D eigenvalue weighted by Crippen LogP contribution is 2.40. The Bertz CT molecular complexity index is 1160. The van der Waals surface area contributed by atoms with Gasteiger partial charge in [-0.3, -0.25) is 9.59 Å². The zero-order valence-electron chi connectivity index (χ0n) is 19.6. The van der Waals surface area contributed by atoms with Crippen molar-refractivity contribution in [3.05, 3.63) is 58.9 Å². The van der Waals surface area contributed by atoms with Crippen molar-refractivity contribution in [3.8, 4) is 11.5 Å². The second-order valence-corrected chi connectivity index (χ2v) is 9.66. The summed E-state index contributed by atoms with van der Waals surface area (Å²) in [6, 6.07) is 5.95. The van der Waals surface area contributed by atoms with E-state index < -0.39 is 29.4 Å². The first-order valence-electron chi connectivity index (χ1n) is 12.2. The van der Waals surface area contributed by atoms with E-state index in [1.54, 1.807) is 18.2 Å². The number of amides is 2. The second-order valence-electron chi connectivity index (χ2n) is 9.66. The molecule has 10 heteroatoms. The van der Waals surface area contributed by atoms with E-state index in [2.05, 4.69) is 5.32 Å². The normalized spacial score (nSPS) is 23.3. The first-order valence-corrected chi connectivity index (χ1v) is 12.2. The van der Waals surface area contributed by atoms with E-state index in [-0.39, 0.29) is 42.4 Å². The van der Waals surface area contributed by atoms with Crippen LogP contribution in [0, 0.1) is 23.4 Å². The number of nitrogens with one attached hydrogen (secondary N) is 1. The zero-order chi connectivity index (χ0) is 25.4. The van der Waals surface area contributed by atoms with Crippen LogP contribution in [0.2, 0.25) is 0 Å². The zero-order valence-corrected chi connectivity index (χ0v) is 19.6. The molecular weight excluding hydrogens is 475 g/mol. The summed E-state index contributed by atoms with van der Waals surface area (Å²) in [4.78, 5) is 27.7. The number of benzene rings is 2. The Morgan fingerprint density at radius 3 is 2.47 bits per heavy atom. The number of carbonyl (C=O) groups excluding carboxylic acids is 2. The van der Waals surface area contributed by atoms with E-state index >= 15 is 0 Å². The SMILES string of the molecule is N[C@H](Cc1cc(F)c(F)cc1F)[C@@H]1C[C@H]2CC[C@@H](C1)N2C(=O)CNC(=O)c1cccc2c1OCCO2. The number of fused-ring (bicyclic) bond motifs is 3. The van der Waals surface area contributed by atoms with Gasteiger partial charge in [-0.15, -0.1) is 0 Å². The van der Waals surface area contributed by atoms with Crippen molar-refractivity contribution < 1.29 is 32.2 Å². The lowest BCUT2D eigenvalue weighted by Gasteiger charge is -2.41. The van der Waals surface area contributed by atoms with Crippen molar-refractivity contribution in [2.24, 2.45) is 11.7 Å². The molecule has 3 aliphatic rings. The van der Waals surface area contributed by atoms with Gasteiger partial charge in [0.25, 0.3) is 5.91 Å². The molecule has 0 aliphatic carbocycles. The molecule has 2 saturated heterocycles. The van der Waals surface area contributed by atoms with Gasteiger partial charge in [-0.1, -0.05) is 6.07 Å². The number of carbonyl (C=O) groups is 2. The van der Waals surface area contributed by atoms with Gasteiger partial charge in [0.1, 0.15) is 19.0 Å². The van der Waals surface area contributed by atoms with Crippen molar-refractivity contribution in [2.45, 2.75) is 50.2 Å². The standard InChI is InChI=1S/C26H28F3N3O4/c27-19-12-21(29)20(28)10-14(19)11-22(30)15-8-16-4-5-17(9-15)32(16)24(33)13-31-26(34)18-2-1-3-23-25(18)36-7-6-35-23/h1-3,10,12,15-17,22H,4-9,11,13,30H2,(H,31,34)/t15-,16-,17+,22-/m1/s1. The highest BCUT2D eigenvalue weighted by atomic mass is 19.2. The number of nitrogens with two attached hydrogens (primary N) is 1. The lowest BCUT2D eigenvalue weighted by molar-refractivity contribution is -0.135. The smallest absolute Gasteiger partial charge is 0.255 e. The highest BCUT2D eigenvalue weighted by Gasteiger charge is 2.44. The van der Waals surface area contributed by atoms with Gasteiger partial charge in [-0.2, -0.15) is 0 Å². The number of hydrogen-bond acceptors (Lipinski definition) is 5. The van der Waals surface area contributed by atoms with Crippen LogP contribution in [0.25, 0.3) is 0 Å². The molecule has 5 rings (SSSR count). The Balaban J connectivity index is 1.18. The number of hydrogen-bond donors (Lipinski definition) is 2. The number of nitrogens with zero attached hydrogens (tertiary/aromatic N) is 1. The topological polar surface area (TPSA) is 93.9 Å². The monoisotopic (exact) mass is 503 g/mol. The molecule has 0 saturated carbocycles. The van der Waals surface area contributed by atoms with Crippen molar-refractivity contribution in [3.63, 3.8) is 0 Å². The summed E-state index contributed by atoms with van der Waals surface area (Å²) in [7, 11) is 0. The molecule has 2 amide bonds. The quantitative estimate of drug-likeness (QED) is 0.592. The molecule has 3 aliphatic heterocycles. The predicted molar refractivity (Wildman–Crippen MR) is 124 cm³/mol. The van der Waals surface area contributed by atoms with Gasteiger partial charge in [-0.05, 0) is 61.8 Å². The van der Waals surface area contributed by atoms with Gasteiger partial charge in [0, 0.05) is 24.2 Å². The van der Waals surface area contributed by atoms with Crippen molar-refractivity contribution in [1.29, 1.82) is 0 Å². The first-order chi connectivity index (χ1) is 17.3. The minimum Gasteiger partial charge on any atom is -0.486 e. The second kappa shape index (κ2) is 10.0. The third-order valence-corrected chi connectivity index (χ3v) is 7.42. The number of ether oxygens (including phenoxy) is 2. The minimum absolute atomic E-state index is 0.0154. The van der Waals surface area contributed by atoms with Crippen molar-refractivity contribution in [1.82, 2.24) is 10.2 Å². The van der Waals surface area contributed by atoms with E-state index in [4.69, 9.17) is 15.2 Å². The van der Waals surface area contributed by atoms with Crippen LogP contribution < -0.4 is 20.5 Å². The molecule has 2 bridgehead atoms. The Labute approximate surface area is 206 Å². The lowest BCUT2D eigenvalue weighted by atomic mass is 9.82. The fourth-order valence-corrected chi connectivity index (χ4v) is 5.71. The van der Waals surface area contributed by atoms with E-state index in [0.29, 0.717) is 49.2 Å². The van der Waals surface area contributed by atoms with Crippen molar-refractivity contribution in [2.75, 3.05) is 19.8 Å². The summed E-state index contributed by atoms with van der Waals surface area (Å²) in [6.45, 7) is 0.612. The molecule has 4 atom stereocenters. The average molecular weight is 504 g/mol. The fourth-order valence-electron chi connectivity index (χ4n) is 5.71. The van der Waals surface area contributed by atoms with Crippen LogP contribution in [0.4, 0.5) is 13.2 Å². The largest absolute Gasteiger partial charge is 0.486 e. The third kappa shape index (κ3) is 4.74. The molecule has 0 spiro atoms. The molecule has 7 nitrogen and oxygen atoms in total.